The third-order valence-corrected chi connectivity index (χ3v) is 4.05. The molecule has 0 saturated carbocycles. The van der Waals surface area contributed by atoms with E-state index in [4.69, 9.17) is 0 Å². The molecule has 0 aliphatic carbocycles. The van der Waals surface area contributed by atoms with Crippen LogP contribution in [0.3, 0.4) is 0 Å². The highest BCUT2D eigenvalue weighted by molar-refractivity contribution is 7.17. The third kappa shape index (κ3) is 1.63. The zero-order valence-electron chi connectivity index (χ0n) is 9.71. The Morgan fingerprint density at radius 1 is 1.29 bits per heavy atom. The van der Waals surface area contributed by atoms with Crippen molar-refractivity contribution in [3.8, 4) is 11.4 Å². The zero-order valence-corrected chi connectivity index (χ0v) is 10.5. The second-order valence-electron chi connectivity index (χ2n) is 3.83. The molecule has 0 bridgehead atoms. The molecule has 0 fully saturated rings. The molecule has 0 aromatic carbocycles. The molecular formula is C12H12N4S. The fourth-order valence-corrected chi connectivity index (χ4v) is 2.83. The van der Waals surface area contributed by atoms with Gasteiger partial charge in [0.2, 0.25) is 4.96 Å². The van der Waals surface area contributed by atoms with Gasteiger partial charge in [0.05, 0.1) is 5.69 Å². The average Bonchev–Trinajstić information content (AvgIpc) is 2.90. The first-order valence-electron chi connectivity index (χ1n) is 5.55. The van der Waals surface area contributed by atoms with E-state index in [-0.39, 0.29) is 0 Å². The number of fused-ring (bicyclic) bond motifs is 1. The van der Waals surface area contributed by atoms with Crippen LogP contribution in [0.5, 0.6) is 0 Å². The molecule has 86 valence electrons. The van der Waals surface area contributed by atoms with Crippen LogP contribution < -0.4 is 0 Å². The van der Waals surface area contributed by atoms with E-state index in [2.05, 4.69) is 28.9 Å². The Morgan fingerprint density at radius 2 is 2.06 bits per heavy atom. The van der Waals surface area contributed by atoms with Crippen LogP contribution in [-0.4, -0.2) is 19.6 Å². The summed E-state index contributed by atoms with van der Waals surface area (Å²) in [5.41, 5.74) is 2.20. The fourth-order valence-electron chi connectivity index (χ4n) is 1.84. The van der Waals surface area contributed by atoms with E-state index in [0.29, 0.717) is 0 Å². The van der Waals surface area contributed by atoms with Crippen LogP contribution in [-0.2, 0) is 6.42 Å². The maximum atomic E-state index is 4.56. The van der Waals surface area contributed by atoms with Crippen molar-refractivity contribution in [3.05, 3.63) is 35.1 Å². The summed E-state index contributed by atoms with van der Waals surface area (Å²) in [5.74, 6) is 0.768. The molecule has 0 unspecified atom stereocenters. The summed E-state index contributed by atoms with van der Waals surface area (Å²) in [6, 6.07) is 3.85. The van der Waals surface area contributed by atoms with Crippen LogP contribution in [0.25, 0.3) is 16.3 Å². The van der Waals surface area contributed by atoms with Gasteiger partial charge >= 0.3 is 0 Å². The van der Waals surface area contributed by atoms with Crippen molar-refractivity contribution in [2.75, 3.05) is 0 Å². The summed E-state index contributed by atoms with van der Waals surface area (Å²) in [6.45, 7) is 4.25. The minimum absolute atomic E-state index is 0.768. The van der Waals surface area contributed by atoms with E-state index in [1.807, 2.05) is 16.6 Å². The molecule has 0 atom stereocenters. The largest absolute Gasteiger partial charge is 0.265 e. The fraction of sp³-hybridized carbons (Fsp3) is 0.250. The van der Waals surface area contributed by atoms with E-state index >= 15 is 0 Å². The molecule has 0 spiro atoms. The van der Waals surface area contributed by atoms with Gasteiger partial charge in [-0.25, -0.2) is 4.52 Å². The molecule has 0 saturated heterocycles. The molecule has 5 heteroatoms. The normalized spacial score (nSPS) is 11.2. The minimum Gasteiger partial charge on any atom is -0.265 e. The smallest absolute Gasteiger partial charge is 0.212 e. The summed E-state index contributed by atoms with van der Waals surface area (Å²) in [4.78, 5) is 10.9. The van der Waals surface area contributed by atoms with Crippen LogP contribution >= 0.6 is 11.3 Å². The number of hydrogen-bond donors (Lipinski definition) is 0. The number of thiazole rings is 1. The standard InChI is InChI=1S/C12H12N4S/c1-3-10-8(2)16-12(17-10)14-11(15-16)9-4-6-13-7-5-9/h4-7H,3H2,1-2H3. The molecule has 0 radical (unpaired) electrons. The van der Waals surface area contributed by atoms with E-state index in [1.165, 1.54) is 10.6 Å². The Hall–Kier alpha value is -1.75. The SMILES string of the molecule is CCc1sc2nc(-c3ccncc3)nn2c1C. The van der Waals surface area contributed by atoms with Crippen LogP contribution in [0.15, 0.2) is 24.5 Å². The number of aryl methyl sites for hydroxylation is 2. The molecule has 17 heavy (non-hydrogen) atoms. The molecule has 0 aliphatic rings. The third-order valence-electron chi connectivity index (χ3n) is 2.77. The molecule has 3 heterocycles. The summed E-state index contributed by atoms with van der Waals surface area (Å²) in [7, 11) is 0. The van der Waals surface area contributed by atoms with E-state index in [0.717, 1.165) is 22.8 Å². The number of rotatable bonds is 2. The van der Waals surface area contributed by atoms with Gasteiger partial charge in [0.25, 0.3) is 0 Å². The lowest BCUT2D eigenvalue weighted by atomic mass is 10.3. The van der Waals surface area contributed by atoms with Gasteiger partial charge in [-0.05, 0) is 25.5 Å². The number of pyridine rings is 1. The van der Waals surface area contributed by atoms with Crippen LogP contribution in [0.1, 0.15) is 17.5 Å². The lowest BCUT2D eigenvalue weighted by Crippen LogP contribution is -1.90. The van der Waals surface area contributed by atoms with Gasteiger partial charge in [0, 0.05) is 22.8 Å². The molecule has 3 aromatic heterocycles. The van der Waals surface area contributed by atoms with E-state index in [1.54, 1.807) is 23.7 Å². The number of nitrogens with zero attached hydrogens (tertiary/aromatic N) is 4. The van der Waals surface area contributed by atoms with Crippen molar-refractivity contribution < 1.29 is 0 Å². The predicted octanol–water partition coefficient (Wildman–Crippen LogP) is 2.72. The average molecular weight is 244 g/mol. The van der Waals surface area contributed by atoms with Crippen molar-refractivity contribution in [3.63, 3.8) is 0 Å². The van der Waals surface area contributed by atoms with Gasteiger partial charge in [0.1, 0.15) is 0 Å². The van der Waals surface area contributed by atoms with Crippen molar-refractivity contribution in [1.29, 1.82) is 0 Å². The summed E-state index contributed by atoms with van der Waals surface area (Å²) in [5, 5.41) is 4.54. The second kappa shape index (κ2) is 3.92. The maximum Gasteiger partial charge on any atom is 0.212 e. The molecule has 3 aromatic rings. The molecule has 0 N–H and O–H groups in total. The molecular weight excluding hydrogens is 232 g/mol. The number of hydrogen-bond acceptors (Lipinski definition) is 4. The van der Waals surface area contributed by atoms with Crippen LogP contribution in [0, 0.1) is 6.92 Å². The first-order valence-corrected chi connectivity index (χ1v) is 6.36. The summed E-state index contributed by atoms with van der Waals surface area (Å²) >= 11 is 1.71. The first-order chi connectivity index (χ1) is 8.29. The van der Waals surface area contributed by atoms with Gasteiger partial charge in [-0.15, -0.1) is 5.10 Å². The lowest BCUT2D eigenvalue weighted by Gasteiger charge is -1.94. The molecule has 0 aliphatic heterocycles. The van der Waals surface area contributed by atoms with Crippen molar-refractivity contribution in [2.24, 2.45) is 0 Å². The molecule has 3 rings (SSSR count). The first kappa shape index (κ1) is 10.4. The zero-order chi connectivity index (χ0) is 11.8. The minimum atomic E-state index is 0.768. The Kier molecular flexibility index (Phi) is 2.40. The monoisotopic (exact) mass is 244 g/mol. The predicted molar refractivity (Wildman–Crippen MR) is 68.2 cm³/mol. The Morgan fingerprint density at radius 3 is 2.71 bits per heavy atom. The number of aromatic nitrogens is 4. The highest BCUT2D eigenvalue weighted by Gasteiger charge is 2.12. The Bertz CT molecular complexity index is 654. The van der Waals surface area contributed by atoms with Gasteiger partial charge in [0.15, 0.2) is 5.82 Å². The van der Waals surface area contributed by atoms with Gasteiger partial charge in [-0.2, -0.15) is 4.98 Å². The highest BCUT2D eigenvalue weighted by atomic mass is 32.1. The van der Waals surface area contributed by atoms with Crippen LogP contribution in [0.2, 0.25) is 0 Å². The van der Waals surface area contributed by atoms with E-state index in [9.17, 15) is 0 Å². The summed E-state index contributed by atoms with van der Waals surface area (Å²) in [6.07, 6.45) is 4.55. The van der Waals surface area contributed by atoms with E-state index < -0.39 is 0 Å². The molecule has 0 amide bonds. The van der Waals surface area contributed by atoms with Gasteiger partial charge < -0.3 is 0 Å². The second-order valence-corrected chi connectivity index (χ2v) is 4.89. The quantitative estimate of drug-likeness (QED) is 0.696. The summed E-state index contributed by atoms with van der Waals surface area (Å²) < 4.78 is 1.93. The Labute approximate surface area is 103 Å². The van der Waals surface area contributed by atoms with Gasteiger partial charge in [-0.1, -0.05) is 18.3 Å². The lowest BCUT2D eigenvalue weighted by molar-refractivity contribution is 0.917. The van der Waals surface area contributed by atoms with Crippen molar-refractivity contribution in [1.82, 2.24) is 19.6 Å². The van der Waals surface area contributed by atoms with Crippen LogP contribution in [0.4, 0.5) is 0 Å². The highest BCUT2D eigenvalue weighted by Crippen LogP contribution is 2.24. The molecule has 4 nitrogen and oxygen atoms in total. The maximum absolute atomic E-state index is 4.56. The van der Waals surface area contributed by atoms with Crippen molar-refractivity contribution in [2.45, 2.75) is 20.3 Å². The Balaban J connectivity index is 2.15. The van der Waals surface area contributed by atoms with Crippen molar-refractivity contribution >= 4 is 16.3 Å². The topological polar surface area (TPSA) is 43.1 Å². The van der Waals surface area contributed by atoms with Gasteiger partial charge in [-0.3, -0.25) is 4.98 Å².